The largest absolute Gasteiger partial charge is 0.507 e. The summed E-state index contributed by atoms with van der Waals surface area (Å²) < 4.78 is 33.6. The van der Waals surface area contributed by atoms with Gasteiger partial charge in [-0.2, -0.15) is 0 Å². The Morgan fingerprint density at radius 1 is 0.938 bits per heavy atom. The maximum Gasteiger partial charge on any atom is 0.305 e. The number of hydrogen-bond donors (Lipinski definition) is 2. The minimum Gasteiger partial charge on any atom is -0.507 e. The number of carbonyl (C=O) groups is 1. The topological polar surface area (TPSA) is 92.7 Å². The first kappa shape index (κ1) is 23.6. The van der Waals surface area contributed by atoms with Gasteiger partial charge in [0.2, 0.25) is 0 Å². The molecule has 3 aromatic rings. The Labute approximate surface area is 189 Å². The number of phenolic OH excluding ortho intramolecular Hbond substituents is 1. The number of esters is 1. The van der Waals surface area contributed by atoms with E-state index in [1.807, 2.05) is 6.07 Å². The van der Waals surface area contributed by atoms with Crippen LogP contribution in [0.25, 0.3) is 10.8 Å². The first-order chi connectivity index (χ1) is 15.4. The van der Waals surface area contributed by atoms with Crippen LogP contribution in [0.15, 0.2) is 65.6 Å². The molecule has 0 aromatic heterocycles. The van der Waals surface area contributed by atoms with Crippen LogP contribution in [0.4, 0.5) is 5.69 Å². The SMILES string of the molecule is CCOC(=O)CCCCCCc1cccc(S(=O)(=O)Nc2cccc3c(O)cccc23)c1. The summed E-state index contributed by atoms with van der Waals surface area (Å²) in [5.41, 5.74) is 1.37. The van der Waals surface area contributed by atoms with E-state index in [9.17, 15) is 18.3 Å². The van der Waals surface area contributed by atoms with Gasteiger partial charge < -0.3 is 9.84 Å². The lowest BCUT2D eigenvalue weighted by atomic mass is 10.1. The second-order valence-corrected chi connectivity index (χ2v) is 9.33. The van der Waals surface area contributed by atoms with Crippen molar-refractivity contribution in [3.8, 4) is 5.75 Å². The molecule has 0 saturated heterocycles. The number of rotatable bonds is 11. The quantitative estimate of drug-likeness (QED) is 0.298. The number of phenols is 1. The molecular weight excluding hydrogens is 426 g/mol. The molecule has 0 aliphatic heterocycles. The molecule has 170 valence electrons. The highest BCUT2D eigenvalue weighted by Gasteiger charge is 2.16. The third-order valence-electron chi connectivity index (χ3n) is 5.25. The van der Waals surface area contributed by atoms with Crippen LogP contribution < -0.4 is 4.72 Å². The van der Waals surface area contributed by atoms with Crippen LogP contribution in [0.3, 0.4) is 0 Å². The molecule has 0 fully saturated rings. The lowest BCUT2D eigenvalue weighted by Gasteiger charge is -2.12. The number of nitrogens with one attached hydrogen (secondary N) is 1. The van der Waals surface area contributed by atoms with Gasteiger partial charge in [0, 0.05) is 17.2 Å². The molecule has 3 aromatic carbocycles. The summed E-state index contributed by atoms with van der Waals surface area (Å²) in [5, 5.41) is 11.3. The summed E-state index contributed by atoms with van der Waals surface area (Å²) in [4.78, 5) is 11.6. The van der Waals surface area contributed by atoms with Crippen LogP contribution in [0.2, 0.25) is 0 Å². The third kappa shape index (κ3) is 6.23. The standard InChI is InChI=1S/C25H29NO5S/c1-2-31-25(28)17-6-4-3-5-10-19-11-7-12-20(18-19)32(29,30)26-23-15-8-14-22-21(23)13-9-16-24(22)27/h7-9,11-16,18,26-27H,2-6,10,17H2,1H3. The minimum atomic E-state index is -3.78. The number of anilines is 1. The van der Waals surface area contributed by atoms with Gasteiger partial charge in [-0.1, -0.05) is 49.2 Å². The van der Waals surface area contributed by atoms with E-state index < -0.39 is 10.0 Å². The maximum atomic E-state index is 13.0. The Balaban J connectivity index is 1.61. The molecule has 0 aliphatic rings. The average molecular weight is 456 g/mol. The van der Waals surface area contributed by atoms with Crippen molar-refractivity contribution in [3.63, 3.8) is 0 Å². The molecule has 0 saturated carbocycles. The smallest absolute Gasteiger partial charge is 0.305 e. The second kappa shape index (κ2) is 11.0. The molecule has 32 heavy (non-hydrogen) atoms. The predicted molar refractivity (Wildman–Crippen MR) is 126 cm³/mol. The van der Waals surface area contributed by atoms with Gasteiger partial charge in [-0.05, 0) is 56.0 Å². The van der Waals surface area contributed by atoms with E-state index >= 15 is 0 Å². The zero-order valence-electron chi connectivity index (χ0n) is 18.2. The number of aryl methyl sites for hydroxylation is 1. The first-order valence-electron chi connectivity index (χ1n) is 10.9. The van der Waals surface area contributed by atoms with Gasteiger partial charge in [0.1, 0.15) is 5.75 Å². The molecule has 0 bridgehead atoms. The van der Waals surface area contributed by atoms with Crippen molar-refractivity contribution in [1.29, 1.82) is 0 Å². The number of unbranched alkanes of at least 4 members (excludes halogenated alkanes) is 3. The lowest BCUT2D eigenvalue weighted by molar-refractivity contribution is -0.143. The summed E-state index contributed by atoms with van der Waals surface area (Å²) >= 11 is 0. The van der Waals surface area contributed by atoms with E-state index in [1.54, 1.807) is 61.5 Å². The van der Waals surface area contributed by atoms with Crippen LogP contribution in [0.5, 0.6) is 5.75 Å². The number of fused-ring (bicyclic) bond motifs is 1. The molecule has 0 amide bonds. The van der Waals surface area contributed by atoms with Crippen molar-refractivity contribution in [1.82, 2.24) is 0 Å². The summed E-state index contributed by atoms with van der Waals surface area (Å²) in [6, 6.07) is 17.1. The fourth-order valence-corrected chi connectivity index (χ4v) is 4.79. The zero-order valence-corrected chi connectivity index (χ0v) is 19.0. The monoisotopic (exact) mass is 455 g/mol. The van der Waals surface area contributed by atoms with Crippen LogP contribution in [-0.2, 0) is 26.0 Å². The molecule has 0 heterocycles. The Morgan fingerprint density at radius 3 is 2.47 bits per heavy atom. The highest BCUT2D eigenvalue weighted by molar-refractivity contribution is 7.92. The van der Waals surface area contributed by atoms with E-state index in [1.165, 1.54) is 0 Å². The van der Waals surface area contributed by atoms with Crippen molar-refractivity contribution < 1.29 is 23.1 Å². The van der Waals surface area contributed by atoms with Gasteiger partial charge in [0.25, 0.3) is 10.0 Å². The Hall–Kier alpha value is -3.06. The number of hydrogen-bond acceptors (Lipinski definition) is 5. The normalized spacial score (nSPS) is 11.4. The van der Waals surface area contributed by atoms with E-state index in [0.29, 0.717) is 29.5 Å². The molecule has 0 atom stereocenters. The van der Waals surface area contributed by atoms with Crippen LogP contribution in [0.1, 0.15) is 44.6 Å². The lowest BCUT2D eigenvalue weighted by Crippen LogP contribution is -2.13. The van der Waals surface area contributed by atoms with Gasteiger partial charge in [-0.25, -0.2) is 8.42 Å². The fraction of sp³-hybridized carbons (Fsp3) is 0.320. The van der Waals surface area contributed by atoms with Gasteiger partial charge in [0.05, 0.1) is 17.2 Å². The molecule has 0 radical (unpaired) electrons. The number of carbonyl (C=O) groups excluding carboxylic acids is 1. The van der Waals surface area contributed by atoms with Crippen LogP contribution in [-0.4, -0.2) is 26.1 Å². The van der Waals surface area contributed by atoms with Crippen molar-refractivity contribution in [2.24, 2.45) is 0 Å². The molecule has 0 unspecified atom stereocenters. The summed E-state index contributed by atoms with van der Waals surface area (Å²) in [6.45, 7) is 2.21. The van der Waals surface area contributed by atoms with Gasteiger partial charge in [-0.15, -0.1) is 0 Å². The molecule has 0 aliphatic carbocycles. The number of benzene rings is 3. The first-order valence-corrected chi connectivity index (χ1v) is 12.4. The highest BCUT2D eigenvalue weighted by atomic mass is 32.2. The van der Waals surface area contributed by atoms with Crippen molar-refractivity contribution in [2.75, 3.05) is 11.3 Å². The van der Waals surface area contributed by atoms with Crippen molar-refractivity contribution >= 4 is 32.5 Å². The number of ether oxygens (including phenoxy) is 1. The van der Waals surface area contributed by atoms with E-state index in [2.05, 4.69) is 4.72 Å². The number of sulfonamides is 1. The molecule has 3 rings (SSSR count). The Morgan fingerprint density at radius 2 is 1.66 bits per heavy atom. The van der Waals surface area contributed by atoms with Crippen molar-refractivity contribution in [2.45, 2.75) is 50.3 Å². The van der Waals surface area contributed by atoms with E-state index in [-0.39, 0.29) is 16.6 Å². The van der Waals surface area contributed by atoms with Gasteiger partial charge >= 0.3 is 5.97 Å². The zero-order chi connectivity index (χ0) is 23.0. The molecule has 0 spiro atoms. The third-order valence-corrected chi connectivity index (χ3v) is 6.62. The summed E-state index contributed by atoms with van der Waals surface area (Å²) in [5.74, 6) is -0.0490. The van der Waals surface area contributed by atoms with Crippen LogP contribution >= 0.6 is 0 Å². The minimum absolute atomic E-state index is 0.104. The number of aromatic hydroxyl groups is 1. The highest BCUT2D eigenvalue weighted by Crippen LogP contribution is 2.31. The van der Waals surface area contributed by atoms with Crippen molar-refractivity contribution in [3.05, 3.63) is 66.2 Å². The maximum absolute atomic E-state index is 13.0. The van der Waals surface area contributed by atoms with E-state index in [0.717, 1.165) is 37.7 Å². The molecular formula is C25H29NO5S. The average Bonchev–Trinajstić information content (AvgIpc) is 2.77. The van der Waals surface area contributed by atoms with Gasteiger partial charge in [0.15, 0.2) is 0 Å². The molecule has 6 nitrogen and oxygen atoms in total. The van der Waals surface area contributed by atoms with Crippen LogP contribution in [0, 0.1) is 0 Å². The Bertz CT molecular complexity index is 1170. The predicted octanol–water partition coefficient (Wildman–Crippen LogP) is 5.40. The molecule has 2 N–H and O–H groups in total. The van der Waals surface area contributed by atoms with E-state index in [4.69, 9.17) is 4.74 Å². The molecule has 7 heteroatoms. The Kier molecular flexibility index (Phi) is 8.11. The van der Waals surface area contributed by atoms with Gasteiger partial charge in [-0.3, -0.25) is 9.52 Å². The second-order valence-electron chi connectivity index (χ2n) is 7.65. The summed E-state index contributed by atoms with van der Waals surface area (Å²) in [7, 11) is -3.78. The summed E-state index contributed by atoms with van der Waals surface area (Å²) in [6.07, 6.45) is 4.84. The fourth-order valence-electron chi connectivity index (χ4n) is 3.64.